The molecule has 1 unspecified atom stereocenters. The molecule has 2 fully saturated rings. The largest absolute Gasteiger partial charge is 0.316 e. The molecule has 76 valence electrons. The summed E-state index contributed by atoms with van der Waals surface area (Å²) in [5.41, 5.74) is 0. The van der Waals surface area contributed by atoms with Crippen LogP contribution >= 0.6 is 0 Å². The second kappa shape index (κ2) is 3.58. The van der Waals surface area contributed by atoms with Crippen LogP contribution in [0.5, 0.6) is 0 Å². The van der Waals surface area contributed by atoms with Crippen LogP contribution in [0, 0.1) is 11.8 Å². The van der Waals surface area contributed by atoms with Gasteiger partial charge in [0.15, 0.2) is 9.84 Å². The summed E-state index contributed by atoms with van der Waals surface area (Å²) in [5, 5.41) is 3.36. The van der Waals surface area contributed by atoms with Crippen LogP contribution in [0.4, 0.5) is 0 Å². The lowest BCUT2D eigenvalue weighted by atomic mass is 10.1. The Bertz CT molecular complexity index is 269. The molecule has 0 spiro atoms. The third kappa shape index (κ3) is 2.95. The van der Waals surface area contributed by atoms with Gasteiger partial charge in [-0.2, -0.15) is 0 Å². The lowest BCUT2D eigenvalue weighted by molar-refractivity contribution is 0.510. The summed E-state index contributed by atoms with van der Waals surface area (Å²) >= 11 is 0. The van der Waals surface area contributed by atoms with E-state index >= 15 is 0 Å². The maximum Gasteiger partial charge on any atom is 0.150 e. The van der Waals surface area contributed by atoms with Gasteiger partial charge in [-0.3, -0.25) is 0 Å². The van der Waals surface area contributed by atoms with Crippen LogP contribution in [0.15, 0.2) is 0 Å². The van der Waals surface area contributed by atoms with Crippen molar-refractivity contribution in [2.45, 2.75) is 19.3 Å². The van der Waals surface area contributed by atoms with E-state index in [2.05, 4.69) is 5.32 Å². The highest BCUT2D eigenvalue weighted by atomic mass is 32.2. The summed E-state index contributed by atoms with van der Waals surface area (Å²) in [6, 6.07) is 0. The van der Waals surface area contributed by atoms with E-state index in [1.165, 1.54) is 12.8 Å². The molecule has 1 saturated carbocycles. The molecule has 4 heteroatoms. The summed E-state index contributed by atoms with van der Waals surface area (Å²) in [6.45, 7) is 1.99. The average Bonchev–Trinajstić information content (AvgIpc) is 2.78. The molecule has 1 N–H and O–H groups in total. The van der Waals surface area contributed by atoms with Crippen molar-refractivity contribution < 1.29 is 8.42 Å². The molecule has 0 aromatic carbocycles. The van der Waals surface area contributed by atoms with E-state index in [1.807, 2.05) is 0 Å². The molecular formula is C9H17NO2S. The minimum Gasteiger partial charge on any atom is -0.316 e. The molecule has 1 aliphatic heterocycles. The molecule has 2 rings (SSSR count). The fraction of sp³-hybridized carbons (Fsp3) is 1.00. The quantitative estimate of drug-likeness (QED) is 0.720. The molecule has 0 amide bonds. The Balaban J connectivity index is 1.65. The Kier molecular flexibility index (Phi) is 2.60. The van der Waals surface area contributed by atoms with E-state index in [9.17, 15) is 8.42 Å². The molecule has 0 bridgehead atoms. The Morgan fingerprint density at radius 2 is 1.77 bits per heavy atom. The Morgan fingerprint density at radius 1 is 1.08 bits per heavy atom. The molecular weight excluding hydrogens is 186 g/mol. The summed E-state index contributed by atoms with van der Waals surface area (Å²) in [6.07, 6.45) is 3.58. The van der Waals surface area contributed by atoms with Gasteiger partial charge in [0, 0.05) is 0 Å². The molecule has 1 aliphatic carbocycles. The molecule has 1 atom stereocenters. The van der Waals surface area contributed by atoms with Crippen LogP contribution < -0.4 is 5.32 Å². The number of hydrogen-bond donors (Lipinski definition) is 1. The van der Waals surface area contributed by atoms with E-state index in [1.54, 1.807) is 0 Å². The standard InChI is InChI=1S/C9H17NO2S/c11-13(12)4-3-9(7-13)6-10-5-8-1-2-8/h8-10H,1-7H2. The first kappa shape index (κ1) is 9.46. The highest BCUT2D eigenvalue weighted by Gasteiger charge is 2.28. The van der Waals surface area contributed by atoms with Gasteiger partial charge in [-0.1, -0.05) is 0 Å². The second-order valence-corrected chi connectivity index (χ2v) is 6.60. The zero-order valence-corrected chi connectivity index (χ0v) is 8.65. The fourth-order valence-corrected chi connectivity index (χ4v) is 3.71. The van der Waals surface area contributed by atoms with Gasteiger partial charge >= 0.3 is 0 Å². The van der Waals surface area contributed by atoms with E-state index < -0.39 is 9.84 Å². The van der Waals surface area contributed by atoms with E-state index in [-0.39, 0.29) is 0 Å². The van der Waals surface area contributed by atoms with Crippen LogP contribution in [0.25, 0.3) is 0 Å². The maximum absolute atomic E-state index is 11.1. The summed E-state index contributed by atoms with van der Waals surface area (Å²) in [7, 11) is -2.67. The highest BCUT2D eigenvalue weighted by Crippen LogP contribution is 2.27. The van der Waals surface area contributed by atoms with Crippen LogP contribution in [0.3, 0.4) is 0 Å². The monoisotopic (exact) mass is 203 g/mol. The van der Waals surface area contributed by atoms with Gasteiger partial charge in [0.1, 0.15) is 0 Å². The van der Waals surface area contributed by atoms with Crippen molar-refractivity contribution in [2.24, 2.45) is 11.8 Å². The highest BCUT2D eigenvalue weighted by molar-refractivity contribution is 7.91. The normalized spacial score (nSPS) is 32.2. The zero-order chi connectivity index (χ0) is 9.31. The van der Waals surface area contributed by atoms with Crippen molar-refractivity contribution in [3.63, 3.8) is 0 Å². The smallest absolute Gasteiger partial charge is 0.150 e. The van der Waals surface area contributed by atoms with E-state index in [0.29, 0.717) is 17.4 Å². The van der Waals surface area contributed by atoms with E-state index in [4.69, 9.17) is 0 Å². The van der Waals surface area contributed by atoms with Crippen molar-refractivity contribution in [1.29, 1.82) is 0 Å². The van der Waals surface area contributed by atoms with Crippen molar-refractivity contribution in [3.05, 3.63) is 0 Å². The lowest BCUT2D eigenvalue weighted by Gasteiger charge is -2.08. The van der Waals surface area contributed by atoms with Crippen molar-refractivity contribution in [1.82, 2.24) is 5.32 Å². The first-order chi connectivity index (χ1) is 6.16. The van der Waals surface area contributed by atoms with Gasteiger partial charge in [0.05, 0.1) is 11.5 Å². The van der Waals surface area contributed by atoms with Crippen molar-refractivity contribution in [2.75, 3.05) is 24.6 Å². The molecule has 3 nitrogen and oxygen atoms in total. The van der Waals surface area contributed by atoms with Crippen LogP contribution in [0.2, 0.25) is 0 Å². The van der Waals surface area contributed by atoms with Gasteiger partial charge in [-0.25, -0.2) is 8.42 Å². The van der Waals surface area contributed by atoms with E-state index in [0.717, 1.165) is 25.4 Å². The first-order valence-electron chi connectivity index (χ1n) is 5.07. The van der Waals surface area contributed by atoms with Crippen LogP contribution in [-0.2, 0) is 9.84 Å². The molecule has 1 saturated heterocycles. The molecule has 2 aliphatic rings. The van der Waals surface area contributed by atoms with Crippen LogP contribution in [0.1, 0.15) is 19.3 Å². The zero-order valence-electron chi connectivity index (χ0n) is 7.83. The Hall–Kier alpha value is -0.0900. The molecule has 0 radical (unpaired) electrons. The summed E-state index contributed by atoms with van der Waals surface area (Å²) in [4.78, 5) is 0. The number of nitrogens with one attached hydrogen (secondary N) is 1. The van der Waals surface area contributed by atoms with Crippen molar-refractivity contribution >= 4 is 9.84 Å². The summed E-state index contributed by atoms with van der Waals surface area (Å²) < 4.78 is 22.2. The Labute approximate surface area is 79.8 Å². The molecule has 13 heavy (non-hydrogen) atoms. The fourth-order valence-electron chi connectivity index (χ4n) is 1.85. The second-order valence-electron chi connectivity index (χ2n) is 4.37. The minimum absolute atomic E-state index is 0.378. The first-order valence-corrected chi connectivity index (χ1v) is 6.89. The maximum atomic E-state index is 11.1. The summed E-state index contributed by atoms with van der Waals surface area (Å²) in [5.74, 6) is 2.08. The third-order valence-corrected chi connectivity index (χ3v) is 4.73. The minimum atomic E-state index is -2.67. The average molecular weight is 203 g/mol. The Morgan fingerprint density at radius 3 is 2.31 bits per heavy atom. The van der Waals surface area contributed by atoms with Gasteiger partial charge in [0.2, 0.25) is 0 Å². The number of rotatable bonds is 4. The SMILES string of the molecule is O=S1(=O)CCC(CNCC2CC2)C1. The third-order valence-electron chi connectivity index (χ3n) is 2.89. The number of sulfone groups is 1. The molecule has 1 heterocycles. The van der Waals surface area contributed by atoms with Gasteiger partial charge in [-0.15, -0.1) is 0 Å². The van der Waals surface area contributed by atoms with Crippen LogP contribution in [-0.4, -0.2) is 33.0 Å². The van der Waals surface area contributed by atoms with Gasteiger partial charge in [-0.05, 0) is 44.2 Å². The lowest BCUT2D eigenvalue weighted by Crippen LogP contribution is -2.25. The van der Waals surface area contributed by atoms with Gasteiger partial charge < -0.3 is 5.32 Å². The van der Waals surface area contributed by atoms with Gasteiger partial charge in [0.25, 0.3) is 0 Å². The predicted molar refractivity (Wildman–Crippen MR) is 52.4 cm³/mol. The molecule has 0 aromatic rings. The topological polar surface area (TPSA) is 46.2 Å². The van der Waals surface area contributed by atoms with Crippen molar-refractivity contribution in [3.8, 4) is 0 Å². The molecule has 0 aromatic heterocycles. The predicted octanol–water partition coefficient (Wildman–Crippen LogP) is 0.421. The number of hydrogen-bond acceptors (Lipinski definition) is 3.